The number of rotatable bonds is 12. The Kier molecular flexibility index (Phi) is 8.84. The lowest BCUT2D eigenvalue weighted by Crippen LogP contribution is -2.23. The van der Waals surface area contributed by atoms with E-state index in [0.29, 0.717) is 12.5 Å². The summed E-state index contributed by atoms with van der Waals surface area (Å²) in [4.78, 5) is 0. The van der Waals surface area contributed by atoms with Crippen molar-refractivity contribution in [3.63, 3.8) is 0 Å². The highest BCUT2D eigenvalue weighted by molar-refractivity contribution is 5.48. The second kappa shape index (κ2) is 12.0. The van der Waals surface area contributed by atoms with E-state index in [-0.39, 0.29) is 6.10 Å². The summed E-state index contributed by atoms with van der Waals surface area (Å²) in [6.45, 7) is 8.00. The van der Waals surface area contributed by atoms with Crippen molar-refractivity contribution in [2.24, 2.45) is 0 Å². The van der Waals surface area contributed by atoms with Crippen LogP contribution < -0.4 is 14.8 Å². The first-order chi connectivity index (χ1) is 15.2. The maximum atomic E-state index is 6.25. The van der Waals surface area contributed by atoms with Crippen molar-refractivity contribution in [3.8, 4) is 11.5 Å². The number of hydrogen-bond donors (Lipinski definition) is 1. The first-order valence-corrected chi connectivity index (χ1v) is 11.4. The van der Waals surface area contributed by atoms with E-state index >= 15 is 0 Å². The summed E-state index contributed by atoms with van der Waals surface area (Å²) in [5, 5.41) is 3.48. The van der Waals surface area contributed by atoms with E-state index in [1.807, 2.05) is 18.2 Å². The van der Waals surface area contributed by atoms with Crippen LogP contribution >= 0.6 is 0 Å². The molecule has 0 aliphatic heterocycles. The molecule has 0 spiro atoms. The van der Waals surface area contributed by atoms with Crippen molar-refractivity contribution in [3.05, 3.63) is 90.0 Å². The SMILES string of the molecule is CCC(C)c1ccccc1OC(C)CNc1cccc(OCCCc2ccccc2)c1. The molecular formula is C28H35NO2. The van der Waals surface area contributed by atoms with Gasteiger partial charge in [-0.3, -0.25) is 0 Å². The number of ether oxygens (including phenoxy) is 2. The molecule has 2 atom stereocenters. The number of benzene rings is 3. The molecule has 0 saturated heterocycles. The molecule has 164 valence electrons. The molecule has 0 radical (unpaired) electrons. The molecule has 1 N–H and O–H groups in total. The lowest BCUT2D eigenvalue weighted by atomic mass is 9.98. The maximum absolute atomic E-state index is 6.25. The molecule has 2 unspecified atom stereocenters. The second-order valence-corrected chi connectivity index (χ2v) is 8.12. The van der Waals surface area contributed by atoms with Gasteiger partial charge in [0, 0.05) is 11.8 Å². The summed E-state index contributed by atoms with van der Waals surface area (Å²) in [6.07, 6.45) is 3.19. The van der Waals surface area contributed by atoms with Gasteiger partial charge in [0.1, 0.15) is 17.6 Å². The van der Waals surface area contributed by atoms with Crippen molar-refractivity contribution >= 4 is 5.69 Å². The minimum absolute atomic E-state index is 0.0562. The average molecular weight is 418 g/mol. The average Bonchev–Trinajstić information content (AvgIpc) is 2.81. The molecule has 3 nitrogen and oxygen atoms in total. The Morgan fingerprint density at radius 2 is 1.65 bits per heavy atom. The highest BCUT2D eigenvalue weighted by Gasteiger charge is 2.12. The van der Waals surface area contributed by atoms with Crippen LogP contribution in [0, 0.1) is 0 Å². The highest BCUT2D eigenvalue weighted by Crippen LogP contribution is 2.29. The topological polar surface area (TPSA) is 30.5 Å². The van der Waals surface area contributed by atoms with E-state index in [1.54, 1.807) is 0 Å². The van der Waals surface area contributed by atoms with Gasteiger partial charge in [-0.2, -0.15) is 0 Å². The molecule has 0 aliphatic rings. The van der Waals surface area contributed by atoms with E-state index in [4.69, 9.17) is 9.47 Å². The monoisotopic (exact) mass is 417 g/mol. The summed E-state index contributed by atoms with van der Waals surface area (Å²) in [5.41, 5.74) is 3.68. The zero-order valence-electron chi connectivity index (χ0n) is 19.0. The van der Waals surface area contributed by atoms with Gasteiger partial charge in [0.05, 0.1) is 13.2 Å². The summed E-state index contributed by atoms with van der Waals surface area (Å²) < 4.78 is 12.2. The third-order valence-electron chi connectivity index (χ3n) is 5.54. The van der Waals surface area contributed by atoms with Crippen molar-refractivity contribution in [2.75, 3.05) is 18.5 Å². The number of nitrogens with one attached hydrogen (secondary N) is 1. The molecule has 0 fully saturated rings. The van der Waals surface area contributed by atoms with Gasteiger partial charge >= 0.3 is 0 Å². The maximum Gasteiger partial charge on any atom is 0.123 e. The standard InChI is InChI=1S/C28H35NO2/c1-4-22(2)27-17-8-9-18-28(27)31-23(3)21-29-25-15-10-16-26(20-25)30-19-11-14-24-12-6-5-7-13-24/h5-10,12-13,15-18,20,22-23,29H,4,11,14,19,21H2,1-3H3. The van der Waals surface area contributed by atoms with Crippen molar-refractivity contribution < 1.29 is 9.47 Å². The molecule has 0 aliphatic carbocycles. The van der Waals surface area contributed by atoms with Crippen LogP contribution in [0.2, 0.25) is 0 Å². The quantitative estimate of drug-likeness (QED) is 0.319. The van der Waals surface area contributed by atoms with Gasteiger partial charge in [0.2, 0.25) is 0 Å². The summed E-state index contributed by atoms with van der Waals surface area (Å²) >= 11 is 0. The van der Waals surface area contributed by atoms with Gasteiger partial charge in [0.25, 0.3) is 0 Å². The zero-order valence-corrected chi connectivity index (χ0v) is 19.0. The third-order valence-corrected chi connectivity index (χ3v) is 5.54. The van der Waals surface area contributed by atoms with Gasteiger partial charge in [-0.1, -0.05) is 68.4 Å². The zero-order chi connectivity index (χ0) is 21.9. The van der Waals surface area contributed by atoms with Crippen LogP contribution in [0.5, 0.6) is 11.5 Å². The van der Waals surface area contributed by atoms with Gasteiger partial charge in [-0.25, -0.2) is 0 Å². The minimum atomic E-state index is 0.0562. The van der Waals surface area contributed by atoms with Crippen LogP contribution in [0.15, 0.2) is 78.9 Å². The van der Waals surface area contributed by atoms with Crippen LogP contribution in [0.4, 0.5) is 5.69 Å². The van der Waals surface area contributed by atoms with Gasteiger partial charge in [0.15, 0.2) is 0 Å². The minimum Gasteiger partial charge on any atom is -0.494 e. The molecule has 31 heavy (non-hydrogen) atoms. The second-order valence-electron chi connectivity index (χ2n) is 8.12. The lowest BCUT2D eigenvalue weighted by molar-refractivity contribution is 0.231. The predicted molar refractivity (Wildman–Crippen MR) is 130 cm³/mol. The van der Waals surface area contributed by atoms with E-state index < -0.39 is 0 Å². The molecule has 0 bridgehead atoms. The summed E-state index contributed by atoms with van der Waals surface area (Å²) in [5.74, 6) is 2.38. The van der Waals surface area contributed by atoms with Crippen molar-refractivity contribution in [1.29, 1.82) is 0 Å². The fourth-order valence-electron chi connectivity index (χ4n) is 3.54. The molecule has 0 heterocycles. The molecule has 3 rings (SSSR count). The van der Waals surface area contributed by atoms with E-state index in [9.17, 15) is 0 Å². The van der Waals surface area contributed by atoms with Crippen molar-refractivity contribution in [2.45, 2.75) is 52.1 Å². The smallest absolute Gasteiger partial charge is 0.123 e. The van der Waals surface area contributed by atoms with E-state index in [0.717, 1.165) is 43.0 Å². The Bertz CT molecular complexity index is 910. The molecule has 3 aromatic carbocycles. The Balaban J connectivity index is 1.45. The van der Waals surface area contributed by atoms with Crippen LogP contribution in [-0.4, -0.2) is 19.3 Å². The summed E-state index contributed by atoms with van der Waals surface area (Å²) in [7, 11) is 0. The molecular weight excluding hydrogens is 382 g/mol. The molecule has 0 aromatic heterocycles. The molecule has 0 saturated carbocycles. The Labute approximate surface area is 187 Å². The number of para-hydroxylation sites is 1. The number of anilines is 1. The molecule has 0 amide bonds. The number of aryl methyl sites for hydroxylation is 1. The van der Waals surface area contributed by atoms with Gasteiger partial charge < -0.3 is 14.8 Å². The van der Waals surface area contributed by atoms with Crippen LogP contribution in [-0.2, 0) is 6.42 Å². The first kappa shape index (κ1) is 22.7. The normalized spacial score (nSPS) is 12.7. The summed E-state index contributed by atoms with van der Waals surface area (Å²) in [6, 6.07) is 27.1. The van der Waals surface area contributed by atoms with Crippen LogP contribution in [0.1, 0.15) is 50.7 Å². The predicted octanol–water partition coefficient (Wildman–Crippen LogP) is 7.09. The Morgan fingerprint density at radius 3 is 2.45 bits per heavy atom. The van der Waals surface area contributed by atoms with Gasteiger partial charge in [-0.15, -0.1) is 0 Å². The Morgan fingerprint density at radius 1 is 0.871 bits per heavy atom. The molecule has 3 heteroatoms. The van der Waals surface area contributed by atoms with E-state index in [1.165, 1.54) is 11.1 Å². The fraction of sp³-hybridized carbons (Fsp3) is 0.357. The van der Waals surface area contributed by atoms with Crippen molar-refractivity contribution in [1.82, 2.24) is 0 Å². The third kappa shape index (κ3) is 7.36. The number of hydrogen-bond acceptors (Lipinski definition) is 3. The van der Waals surface area contributed by atoms with E-state index in [2.05, 4.69) is 86.8 Å². The Hall–Kier alpha value is -2.94. The van der Waals surface area contributed by atoms with Crippen LogP contribution in [0.3, 0.4) is 0 Å². The largest absolute Gasteiger partial charge is 0.494 e. The fourth-order valence-corrected chi connectivity index (χ4v) is 3.54. The van der Waals surface area contributed by atoms with Gasteiger partial charge in [-0.05, 0) is 61.4 Å². The first-order valence-electron chi connectivity index (χ1n) is 11.4. The highest BCUT2D eigenvalue weighted by atomic mass is 16.5. The lowest BCUT2D eigenvalue weighted by Gasteiger charge is -2.21. The molecule has 3 aromatic rings. The van der Waals surface area contributed by atoms with Crippen LogP contribution in [0.25, 0.3) is 0 Å².